The predicted octanol–water partition coefficient (Wildman–Crippen LogP) is 2.85. The Morgan fingerprint density at radius 3 is 2.91 bits per heavy atom. The number of aromatic amines is 1. The smallest absolute Gasteiger partial charge is 0.253 e. The lowest BCUT2D eigenvalue weighted by molar-refractivity contribution is 0.0904. The van der Waals surface area contributed by atoms with E-state index in [1.165, 1.54) is 11.1 Å². The number of rotatable bonds is 6. The van der Waals surface area contributed by atoms with Gasteiger partial charge in [-0.05, 0) is 65.1 Å². The van der Waals surface area contributed by atoms with Crippen LogP contribution in [0.5, 0.6) is 5.75 Å². The van der Waals surface area contributed by atoms with Gasteiger partial charge in [0.1, 0.15) is 11.8 Å². The number of benzene rings is 2. The van der Waals surface area contributed by atoms with Crippen molar-refractivity contribution in [1.29, 1.82) is 0 Å². The maximum Gasteiger partial charge on any atom is 0.253 e. The molecule has 4 heterocycles. The number of aromatic nitrogens is 5. The number of tetrazole rings is 1. The van der Waals surface area contributed by atoms with Crippen molar-refractivity contribution >= 4 is 10.9 Å². The number of hydrogen-bond donors (Lipinski definition) is 1. The molecule has 0 saturated carbocycles. The fraction of sp³-hybridized carbons (Fsp3) is 0.385. The number of hydrogen-bond acceptors (Lipinski definition) is 7. The first-order chi connectivity index (χ1) is 17.2. The number of nitrogens with zero attached hydrogens (tertiary/aromatic N) is 5. The van der Waals surface area contributed by atoms with Gasteiger partial charge < -0.3 is 14.5 Å². The van der Waals surface area contributed by atoms with Crippen LogP contribution in [0.15, 0.2) is 53.3 Å². The average molecular weight is 473 g/mol. The van der Waals surface area contributed by atoms with Gasteiger partial charge in [0.2, 0.25) is 0 Å². The summed E-state index contributed by atoms with van der Waals surface area (Å²) in [5.41, 5.74) is 3.85. The summed E-state index contributed by atoms with van der Waals surface area (Å²) in [6, 6.07) is 15.7. The third-order valence-corrected chi connectivity index (χ3v) is 7.10. The molecule has 0 aliphatic carbocycles. The fourth-order valence-electron chi connectivity index (χ4n) is 5.29. The maximum absolute atomic E-state index is 13.5. The van der Waals surface area contributed by atoms with Gasteiger partial charge in [-0.15, -0.1) is 5.10 Å². The summed E-state index contributed by atoms with van der Waals surface area (Å²) in [5, 5.41) is 13.7. The molecular formula is C26H28N6O3. The lowest BCUT2D eigenvalue weighted by atomic mass is 9.96. The van der Waals surface area contributed by atoms with E-state index in [0.29, 0.717) is 24.5 Å². The second kappa shape index (κ2) is 9.24. The summed E-state index contributed by atoms with van der Waals surface area (Å²) in [4.78, 5) is 18.8. The normalized spacial score (nSPS) is 19.1. The number of pyridine rings is 1. The van der Waals surface area contributed by atoms with Crippen LogP contribution in [0.25, 0.3) is 10.9 Å². The molecule has 1 N–H and O–H groups in total. The highest BCUT2D eigenvalue weighted by Gasteiger charge is 2.33. The van der Waals surface area contributed by atoms with Crippen LogP contribution in [-0.2, 0) is 24.2 Å². The Morgan fingerprint density at radius 1 is 1.20 bits per heavy atom. The number of methoxy groups -OCH3 is 1. The van der Waals surface area contributed by atoms with Crippen LogP contribution in [0.3, 0.4) is 0 Å². The summed E-state index contributed by atoms with van der Waals surface area (Å²) in [6.07, 6.45) is 3.01. The topological polar surface area (TPSA) is 98.2 Å². The fourth-order valence-corrected chi connectivity index (χ4v) is 5.29. The van der Waals surface area contributed by atoms with Gasteiger partial charge in [-0.3, -0.25) is 9.69 Å². The van der Waals surface area contributed by atoms with E-state index in [0.717, 1.165) is 49.1 Å². The molecule has 0 unspecified atom stereocenters. The van der Waals surface area contributed by atoms with Gasteiger partial charge in [0.15, 0.2) is 5.82 Å². The first-order valence-corrected chi connectivity index (χ1v) is 12.1. The van der Waals surface area contributed by atoms with E-state index in [1.54, 1.807) is 7.11 Å². The molecular weight excluding hydrogens is 444 g/mol. The molecule has 1 saturated heterocycles. The molecule has 0 spiro atoms. The van der Waals surface area contributed by atoms with Gasteiger partial charge in [0, 0.05) is 36.2 Å². The maximum atomic E-state index is 13.5. The van der Waals surface area contributed by atoms with Crippen LogP contribution in [0, 0.1) is 0 Å². The van der Waals surface area contributed by atoms with Crippen LogP contribution in [-0.4, -0.2) is 56.5 Å². The van der Waals surface area contributed by atoms with Gasteiger partial charge in [0.25, 0.3) is 5.56 Å². The highest BCUT2D eigenvalue weighted by molar-refractivity contribution is 5.80. The van der Waals surface area contributed by atoms with Crippen molar-refractivity contribution in [3.05, 3.63) is 81.4 Å². The summed E-state index contributed by atoms with van der Waals surface area (Å²) < 4.78 is 13.1. The van der Waals surface area contributed by atoms with E-state index in [-0.39, 0.29) is 11.7 Å². The molecule has 9 nitrogen and oxygen atoms in total. The predicted molar refractivity (Wildman–Crippen MR) is 130 cm³/mol. The molecule has 4 aromatic rings. The lowest BCUT2D eigenvalue weighted by Gasteiger charge is -2.35. The van der Waals surface area contributed by atoms with Crippen molar-refractivity contribution in [3.8, 4) is 5.75 Å². The summed E-state index contributed by atoms with van der Waals surface area (Å²) in [5.74, 6) is 1.40. The molecule has 6 rings (SSSR count). The molecule has 35 heavy (non-hydrogen) atoms. The second-order valence-electron chi connectivity index (χ2n) is 9.25. The average Bonchev–Trinajstić information content (AvgIpc) is 3.57. The van der Waals surface area contributed by atoms with Crippen LogP contribution in [0.4, 0.5) is 0 Å². The van der Waals surface area contributed by atoms with E-state index in [2.05, 4.69) is 49.7 Å². The SMILES string of the molecule is COc1ccc2[nH]c(=O)c([C@@H](c3nnnn3C[C@@H]3CCCO3)N3CCc4ccccc4C3)cc2c1. The summed E-state index contributed by atoms with van der Waals surface area (Å²) >= 11 is 0. The van der Waals surface area contributed by atoms with Crippen molar-refractivity contribution in [2.45, 2.75) is 44.5 Å². The van der Waals surface area contributed by atoms with Gasteiger partial charge in [-0.2, -0.15) is 0 Å². The minimum atomic E-state index is -0.404. The third kappa shape index (κ3) is 4.21. The Labute approximate surface area is 202 Å². The van der Waals surface area contributed by atoms with E-state index >= 15 is 0 Å². The van der Waals surface area contributed by atoms with Crippen LogP contribution >= 0.6 is 0 Å². The Hall–Kier alpha value is -3.56. The molecule has 0 amide bonds. The number of fused-ring (bicyclic) bond motifs is 2. The van der Waals surface area contributed by atoms with Crippen molar-refractivity contribution in [2.24, 2.45) is 0 Å². The molecule has 2 aromatic heterocycles. The Kier molecular flexibility index (Phi) is 5.79. The summed E-state index contributed by atoms with van der Waals surface area (Å²) in [6.45, 7) is 2.84. The summed E-state index contributed by atoms with van der Waals surface area (Å²) in [7, 11) is 1.64. The zero-order chi connectivity index (χ0) is 23.8. The lowest BCUT2D eigenvalue weighted by Crippen LogP contribution is -2.39. The molecule has 1 fully saturated rings. The first-order valence-electron chi connectivity index (χ1n) is 12.1. The zero-order valence-electron chi connectivity index (χ0n) is 19.7. The number of H-pyrrole nitrogens is 1. The van der Waals surface area contributed by atoms with Crippen molar-refractivity contribution in [2.75, 3.05) is 20.3 Å². The van der Waals surface area contributed by atoms with Crippen LogP contribution in [0.1, 0.15) is 41.4 Å². The van der Waals surface area contributed by atoms with Crippen LogP contribution < -0.4 is 10.3 Å². The van der Waals surface area contributed by atoms with Crippen LogP contribution in [0.2, 0.25) is 0 Å². The van der Waals surface area contributed by atoms with Gasteiger partial charge in [-0.25, -0.2) is 4.68 Å². The minimum Gasteiger partial charge on any atom is -0.497 e. The molecule has 2 aliphatic heterocycles. The molecule has 2 aromatic carbocycles. The Balaban J connectivity index is 1.46. The Bertz CT molecular complexity index is 1410. The first kappa shape index (κ1) is 21.9. The largest absolute Gasteiger partial charge is 0.497 e. The van der Waals surface area contributed by atoms with E-state index < -0.39 is 6.04 Å². The molecule has 0 radical (unpaired) electrons. The van der Waals surface area contributed by atoms with Gasteiger partial charge in [-0.1, -0.05) is 24.3 Å². The number of ether oxygens (including phenoxy) is 2. The third-order valence-electron chi connectivity index (χ3n) is 7.10. The second-order valence-corrected chi connectivity index (χ2v) is 9.25. The minimum absolute atomic E-state index is 0.0825. The quantitative estimate of drug-likeness (QED) is 0.461. The molecule has 0 bridgehead atoms. The van der Waals surface area contributed by atoms with Gasteiger partial charge in [0.05, 0.1) is 19.8 Å². The molecule has 2 aliphatic rings. The van der Waals surface area contributed by atoms with Crippen molar-refractivity contribution in [3.63, 3.8) is 0 Å². The van der Waals surface area contributed by atoms with Crippen molar-refractivity contribution in [1.82, 2.24) is 30.1 Å². The standard InChI is InChI=1S/C26H28N6O3/c1-34-20-8-9-23-19(13-20)14-22(26(33)27-23)24(31-11-10-17-5-2-3-6-18(17)15-31)25-28-29-30-32(25)16-21-7-4-12-35-21/h2-3,5-6,8-9,13-14,21,24H,4,7,10-12,15-16H2,1H3,(H,27,33)/t21-,24-/m0/s1. The van der Waals surface area contributed by atoms with E-state index in [1.807, 2.05) is 28.9 Å². The van der Waals surface area contributed by atoms with E-state index in [4.69, 9.17) is 9.47 Å². The Morgan fingerprint density at radius 2 is 2.09 bits per heavy atom. The highest BCUT2D eigenvalue weighted by Crippen LogP contribution is 2.32. The van der Waals surface area contributed by atoms with Gasteiger partial charge >= 0.3 is 0 Å². The number of nitrogens with one attached hydrogen (secondary N) is 1. The van der Waals surface area contributed by atoms with E-state index in [9.17, 15) is 4.79 Å². The molecule has 180 valence electrons. The molecule has 2 atom stereocenters. The molecule has 9 heteroatoms. The monoisotopic (exact) mass is 472 g/mol. The zero-order valence-corrected chi connectivity index (χ0v) is 19.7. The highest BCUT2D eigenvalue weighted by atomic mass is 16.5. The van der Waals surface area contributed by atoms with Crippen molar-refractivity contribution < 1.29 is 9.47 Å².